The van der Waals surface area contributed by atoms with E-state index < -0.39 is 5.97 Å². The Labute approximate surface area is 114 Å². The third kappa shape index (κ3) is 3.16. The molecule has 2 aromatic heterocycles. The zero-order valence-corrected chi connectivity index (χ0v) is 10.8. The van der Waals surface area contributed by atoms with Crippen LogP contribution in [0.4, 0.5) is 0 Å². The predicted octanol–water partition coefficient (Wildman–Crippen LogP) is 0.110. The van der Waals surface area contributed by atoms with Crippen LogP contribution in [0.3, 0.4) is 0 Å². The Morgan fingerprint density at radius 3 is 2.80 bits per heavy atom. The molecule has 8 nitrogen and oxygen atoms in total. The Morgan fingerprint density at radius 2 is 2.20 bits per heavy atom. The summed E-state index contributed by atoms with van der Waals surface area (Å²) in [6.45, 7) is 2.43. The smallest absolute Gasteiger partial charge is 0.337 e. The number of amides is 1. The minimum absolute atomic E-state index is 0.0872. The average molecular weight is 275 g/mol. The topological polar surface area (TPSA) is 110 Å². The first kappa shape index (κ1) is 13.7. The van der Waals surface area contributed by atoms with E-state index in [4.69, 9.17) is 5.11 Å². The lowest BCUT2D eigenvalue weighted by atomic mass is 10.2. The zero-order valence-electron chi connectivity index (χ0n) is 10.8. The van der Waals surface area contributed by atoms with Crippen LogP contribution in [-0.2, 0) is 6.54 Å². The summed E-state index contributed by atoms with van der Waals surface area (Å²) in [7, 11) is 0. The van der Waals surface area contributed by atoms with Gasteiger partial charge in [-0.3, -0.25) is 9.48 Å². The summed E-state index contributed by atoms with van der Waals surface area (Å²) in [6, 6.07) is 2.76. The van der Waals surface area contributed by atoms with Crippen molar-refractivity contribution in [2.45, 2.75) is 13.5 Å². The van der Waals surface area contributed by atoms with Crippen LogP contribution in [0, 0.1) is 6.92 Å². The SMILES string of the molecule is Cc1nc(C(=O)NCCn2ccnn2)ccc1C(=O)O. The highest BCUT2D eigenvalue weighted by Gasteiger charge is 2.12. The molecule has 2 rings (SSSR count). The molecule has 0 aliphatic rings. The molecule has 0 aliphatic heterocycles. The van der Waals surface area contributed by atoms with Gasteiger partial charge >= 0.3 is 5.97 Å². The fraction of sp³-hybridized carbons (Fsp3) is 0.250. The van der Waals surface area contributed by atoms with Gasteiger partial charge in [0.2, 0.25) is 0 Å². The molecule has 0 radical (unpaired) electrons. The molecule has 2 aromatic rings. The fourth-order valence-corrected chi connectivity index (χ4v) is 1.64. The molecule has 1 amide bonds. The largest absolute Gasteiger partial charge is 0.478 e. The third-order valence-electron chi connectivity index (χ3n) is 2.65. The highest BCUT2D eigenvalue weighted by molar-refractivity contribution is 5.94. The summed E-state index contributed by atoms with van der Waals surface area (Å²) >= 11 is 0. The van der Waals surface area contributed by atoms with Gasteiger partial charge in [-0.05, 0) is 19.1 Å². The van der Waals surface area contributed by atoms with Crippen LogP contribution in [-0.4, -0.2) is 43.5 Å². The number of carboxylic acids is 1. The van der Waals surface area contributed by atoms with E-state index in [0.717, 1.165) is 0 Å². The Balaban J connectivity index is 1.95. The summed E-state index contributed by atoms with van der Waals surface area (Å²) in [5.41, 5.74) is 0.580. The van der Waals surface area contributed by atoms with Gasteiger partial charge in [0, 0.05) is 12.7 Å². The lowest BCUT2D eigenvalue weighted by Gasteiger charge is -2.06. The average Bonchev–Trinajstić information content (AvgIpc) is 2.91. The van der Waals surface area contributed by atoms with E-state index in [9.17, 15) is 9.59 Å². The number of aromatic carboxylic acids is 1. The third-order valence-corrected chi connectivity index (χ3v) is 2.65. The van der Waals surface area contributed by atoms with E-state index in [1.54, 1.807) is 24.0 Å². The molecule has 0 saturated heterocycles. The Kier molecular flexibility index (Phi) is 4.04. The van der Waals surface area contributed by atoms with E-state index >= 15 is 0 Å². The van der Waals surface area contributed by atoms with Crippen molar-refractivity contribution in [3.05, 3.63) is 41.5 Å². The maximum Gasteiger partial charge on any atom is 0.337 e. The maximum absolute atomic E-state index is 11.8. The molecule has 8 heteroatoms. The van der Waals surface area contributed by atoms with E-state index in [-0.39, 0.29) is 17.2 Å². The number of nitrogens with zero attached hydrogens (tertiary/aromatic N) is 4. The quantitative estimate of drug-likeness (QED) is 0.801. The molecule has 0 saturated carbocycles. The van der Waals surface area contributed by atoms with Gasteiger partial charge in [0.15, 0.2) is 0 Å². The molecule has 0 aromatic carbocycles. The summed E-state index contributed by atoms with van der Waals surface area (Å²) in [6.07, 6.45) is 3.24. The van der Waals surface area contributed by atoms with Gasteiger partial charge in [0.25, 0.3) is 5.91 Å². The number of aromatic nitrogens is 4. The van der Waals surface area contributed by atoms with Gasteiger partial charge in [-0.2, -0.15) is 0 Å². The second-order valence-corrected chi connectivity index (χ2v) is 4.06. The maximum atomic E-state index is 11.8. The molecule has 0 atom stereocenters. The molecule has 20 heavy (non-hydrogen) atoms. The molecule has 0 unspecified atom stereocenters. The summed E-state index contributed by atoms with van der Waals surface area (Å²) in [5, 5.41) is 19.0. The van der Waals surface area contributed by atoms with E-state index in [2.05, 4.69) is 20.6 Å². The minimum Gasteiger partial charge on any atom is -0.478 e. The van der Waals surface area contributed by atoms with Gasteiger partial charge in [0.05, 0.1) is 24.0 Å². The van der Waals surface area contributed by atoms with E-state index in [1.807, 2.05) is 0 Å². The Hall–Kier alpha value is -2.77. The number of carbonyl (C=O) groups excluding carboxylic acids is 1. The van der Waals surface area contributed by atoms with Crippen molar-refractivity contribution in [3.63, 3.8) is 0 Å². The molecule has 104 valence electrons. The molecule has 2 heterocycles. The van der Waals surface area contributed by atoms with Gasteiger partial charge in [-0.25, -0.2) is 9.78 Å². The molecule has 0 aliphatic carbocycles. The molecule has 0 fully saturated rings. The van der Waals surface area contributed by atoms with Crippen LogP contribution in [0.2, 0.25) is 0 Å². The number of aryl methyl sites for hydroxylation is 1. The fourth-order valence-electron chi connectivity index (χ4n) is 1.64. The Morgan fingerprint density at radius 1 is 1.40 bits per heavy atom. The van der Waals surface area contributed by atoms with Gasteiger partial charge in [0.1, 0.15) is 5.69 Å². The predicted molar refractivity (Wildman–Crippen MR) is 68.3 cm³/mol. The number of hydrogen-bond acceptors (Lipinski definition) is 5. The van der Waals surface area contributed by atoms with Gasteiger partial charge in [-0.15, -0.1) is 5.10 Å². The standard InChI is InChI=1S/C12H13N5O3/c1-8-9(12(19)20)2-3-10(15-8)11(18)13-4-6-17-7-5-14-16-17/h2-3,5,7H,4,6H2,1H3,(H,13,18)(H,19,20). The van der Waals surface area contributed by atoms with Crippen LogP contribution in [0.25, 0.3) is 0 Å². The second kappa shape index (κ2) is 5.91. The van der Waals surface area contributed by atoms with Gasteiger partial charge < -0.3 is 10.4 Å². The molecular formula is C12H13N5O3. The van der Waals surface area contributed by atoms with Crippen LogP contribution >= 0.6 is 0 Å². The van der Waals surface area contributed by atoms with Crippen molar-refractivity contribution in [1.29, 1.82) is 0 Å². The number of pyridine rings is 1. The highest BCUT2D eigenvalue weighted by atomic mass is 16.4. The van der Waals surface area contributed by atoms with Crippen LogP contribution in [0.15, 0.2) is 24.5 Å². The first-order valence-corrected chi connectivity index (χ1v) is 5.91. The van der Waals surface area contributed by atoms with Crippen molar-refractivity contribution in [2.24, 2.45) is 0 Å². The number of rotatable bonds is 5. The minimum atomic E-state index is -1.06. The van der Waals surface area contributed by atoms with Crippen molar-refractivity contribution in [3.8, 4) is 0 Å². The number of carboxylic acid groups (broad SMARTS) is 1. The number of nitrogens with one attached hydrogen (secondary N) is 1. The first-order valence-electron chi connectivity index (χ1n) is 5.91. The normalized spacial score (nSPS) is 10.2. The van der Waals surface area contributed by atoms with Crippen molar-refractivity contribution >= 4 is 11.9 Å². The molecular weight excluding hydrogens is 262 g/mol. The first-order chi connectivity index (χ1) is 9.58. The summed E-state index contributed by atoms with van der Waals surface area (Å²) in [5.74, 6) is -1.42. The van der Waals surface area contributed by atoms with E-state index in [0.29, 0.717) is 18.8 Å². The lowest BCUT2D eigenvalue weighted by molar-refractivity contribution is 0.0694. The van der Waals surface area contributed by atoms with E-state index in [1.165, 1.54) is 12.1 Å². The second-order valence-electron chi connectivity index (χ2n) is 4.06. The van der Waals surface area contributed by atoms with Crippen molar-refractivity contribution < 1.29 is 14.7 Å². The van der Waals surface area contributed by atoms with Crippen LogP contribution in [0.5, 0.6) is 0 Å². The molecule has 2 N–H and O–H groups in total. The van der Waals surface area contributed by atoms with Crippen LogP contribution < -0.4 is 5.32 Å². The summed E-state index contributed by atoms with van der Waals surface area (Å²) in [4.78, 5) is 26.7. The van der Waals surface area contributed by atoms with Gasteiger partial charge in [-0.1, -0.05) is 5.21 Å². The monoisotopic (exact) mass is 275 g/mol. The molecule has 0 bridgehead atoms. The lowest BCUT2D eigenvalue weighted by Crippen LogP contribution is -2.28. The van der Waals surface area contributed by atoms with Crippen molar-refractivity contribution in [2.75, 3.05) is 6.54 Å². The highest BCUT2D eigenvalue weighted by Crippen LogP contribution is 2.06. The summed E-state index contributed by atoms with van der Waals surface area (Å²) < 4.78 is 1.59. The van der Waals surface area contributed by atoms with Crippen LogP contribution in [0.1, 0.15) is 26.5 Å². The Bertz CT molecular complexity index is 624. The zero-order chi connectivity index (χ0) is 14.5. The molecule has 0 spiro atoms. The van der Waals surface area contributed by atoms with Crippen molar-refractivity contribution in [1.82, 2.24) is 25.3 Å². The number of hydrogen-bond donors (Lipinski definition) is 2. The number of carbonyl (C=O) groups is 2.